The summed E-state index contributed by atoms with van der Waals surface area (Å²) in [6.07, 6.45) is 7.07. The first kappa shape index (κ1) is 9.35. The zero-order valence-electron chi connectivity index (χ0n) is 7.09. The Morgan fingerprint density at radius 3 is 3.00 bits per heavy atom. The highest BCUT2D eigenvalue weighted by atomic mass is 79.9. The summed E-state index contributed by atoms with van der Waals surface area (Å²) in [5.74, 6) is 0.936. The van der Waals surface area contributed by atoms with Crippen LogP contribution in [-0.4, -0.2) is 5.38 Å². The highest BCUT2D eigenvalue weighted by molar-refractivity contribution is 9.10. The fourth-order valence-electron chi connectivity index (χ4n) is 1.58. The molecule has 0 radical (unpaired) electrons. The van der Waals surface area contributed by atoms with Crippen LogP contribution in [0.15, 0.2) is 27.3 Å². The van der Waals surface area contributed by atoms with Crippen molar-refractivity contribution in [3.8, 4) is 0 Å². The second kappa shape index (κ2) is 3.89. The summed E-state index contributed by atoms with van der Waals surface area (Å²) in [5, 5.41) is 0.167. The van der Waals surface area contributed by atoms with Crippen LogP contribution < -0.4 is 0 Å². The molecule has 0 spiro atoms. The Labute approximate surface area is 90.9 Å². The Morgan fingerprint density at radius 1 is 1.54 bits per heavy atom. The Morgan fingerprint density at radius 2 is 2.38 bits per heavy atom. The van der Waals surface area contributed by atoms with Gasteiger partial charge in [-0.05, 0) is 46.8 Å². The maximum atomic E-state index is 6.05. The summed E-state index contributed by atoms with van der Waals surface area (Å²) in [6.45, 7) is 0. The molecule has 0 saturated heterocycles. The van der Waals surface area contributed by atoms with E-state index in [0.717, 1.165) is 29.5 Å². The third-order valence-electron chi connectivity index (χ3n) is 2.22. The minimum absolute atomic E-state index is 0.167. The number of alkyl halides is 1. The average Bonchev–Trinajstić information content (AvgIpc) is 2.51. The van der Waals surface area contributed by atoms with E-state index in [0.29, 0.717) is 0 Å². The van der Waals surface area contributed by atoms with Crippen molar-refractivity contribution in [3.05, 3.63) is 28.6 Å². The average molecular weight is 262 g/mol. The number of furan rings is 1. The van der Waals surface area contributed by atoms with Gasteiger partial charge in [0.1, 0.15) is 5.76 Å². The normalized spacial score (nSPS) is 22.9. The maximum absolute atomic E-state index is 6.05. The summed E-state index contributed by atoms with van der Waals surface area (Å²) in [5.41, 5.74) is 1.23. The van der Waals surface area contributed by atoms with Crippen LogP contribution >= 0.6 is 27.5 Å². The fourth-order valence-corrected chi connectivity index (χ4v) is 2.35. The second-order valence-corrected chi connectivity index (χ2v) is 4.61. The molecule has 1 aliphatic carbocycles. The van der Waals surface area contributed by atoms with E-state index in [1.54, 1.807) is 6.26 Å². The molecular formula is C10H10BrClO. The van der Waals surface area contributed by atoms with Crippen LogP contribution in [0.2, 0.25) is 0 Å². The molecular weight excluding hydrogens is 251 g/mol. The SMILES string of the molecule is ClC1C=C(c2occc2Br)CCC1. The van der Waals surface area contributed by atoms with E-state index < -0.39 is 0 Å². The molecule has 0 aliphatic heterocycles. The molecule has 1 aromatic heterocycles. The number of rotatable bonds is 1. The predicted molar refractivity (Wildman–Crippen MR) is 57.9 cm³/mol. The number of hydrogen-bond acceptors (Lipinski definition) is 1. The van der Waals surface area contributed by atoms with Gasteiger partial charge in [-0.15, -0.1) is 11.6 Å². The van der Waals surface area contributed by atoms with Gasteiger partial charge >= 0.3 is 0 Å². The van der Waals surface area contributed by atoms with Crippen molar-refractivity contribution in [3.63, 3.8) is 0 Å². The smallest absolute Gasteiger partial charge is 0.143 e. The lowest BCUT2D eigenvalue weighted by Crippen LogP contribution is -2.02. The fraction of sp³-hybridized carbons (Fsp3) is 0.400. The van der Waals surface area contributed by atoms with Crippen LogP contribution in [0.5, 0.6) is 0 Å². The Hall–Kier alpha value is -0.210. The molecule has 1 aromatic rings. The van der Waals surface area contributed by atoms with Gasteiger partial charge in [-0.3, -0.25) is 0 Å². The molecule has 1 unspecified atom stereocenters. The molecule has 3 heteroatoms. The van der Waals surface area contributed by atoms with Crippen molar-refractivity contribution in [2.75, 3.05) is 0 Å². The van der Waals surface area contributed by atoms with E-state index >= 15 is 0 Å². The van der Waals surface area contributed by atoms with Gasteiger partial charge in [0.15, 0.2) is 0 Å². The minimum Gasteiger partial charge on any atom is -0.463 e. The van der Waals surface area contributed by atoms with E-state index in [9.17, 15) is 0 Å². The number of hydrogen-bond donors (Lipinski definition) is 0. The molecule has 13 heavy (non-hydrogen) atoms. The number of allylic oxidation sites excluding steroid dienone is 2. The molecule has 0 aromatic carbocycles. The Bertz CT molecular complexity index is 329. The van der Waals surface area contributed by atoms with Crippen molar-refractivity contribution in [2.45, 2.75) is 24.6 Å². The molecule has 0 amide bonds. The van der Waals surface area contributed by atoms with E-state index in [-0.39, 0.29) is 5.38 Å². The van der Waals surface area contributed by atoms with Crippen molar-refractivity contribution >= 4 is 33.1 Å². The minimum atomic E-state index is 0.167. The topological polar surface area (TPSA) is 13.1 Å². The first-order chi connectivity index (χ1) is 6.27. The van der Waals surface area contributed by atoms with Gasteiger partial charge in [0, 0.05) is 0 Å². The van der Waals surface area contributed by atoms with Crippen molar-refractivity contribution in [1.82, 2.24) is 0 Å². The van der Waals surface area contributed by atoms with Crippen molar-refractivity contribution in [1.29, 1.82) is 0 Å². The molecule has 1 aliphatic rings. The summed E-state index contributed by atoms with van der Waals surface area (Å²) >= 11 is 9.49. The first-order valence-electron chi connectivity index (χ1n) is 4.35. The largest absolute Gasteiger partial charge is 0.463 e. The zero-order chi connectivity index (χ0) is 9.26. The van der Waals surface area contributed by atoms with Gasteiger partial charge in [0.25, 0.3) is 0 Å². The van der Waals surface area contributed by atoms with E-state index in [2.05, 4.69) is 22.0 Å². The molecule has 0 saturated carbocycles. The molecule has 0 N–H and O–H groups in total. The van der Waals surface area contributed by atoms with Gasteiger partial charge in [0.2, 0.25) is 0 Å². The van der Waals surface area contributed by atoms with Crippen molar-refractivity contribution in [2.24, 2.45) is 0 Å². The quantitative estimate of drug-likeness (QED) is 0.690. The van der Waals surface area contributed by atoms with Gasteiger partial charge in [-0.25, -0.2) is 0 Å². The van der Waals surface area contributed by atoms with Gasteiger partial charge < -0.3 is 4.42 Å². The number of halogens is 2. The van der Waals surface area contributed by atoms with Crippen LogP contribution in [0, 0.1) is 0 Å². The molecule has 1 atom stereocenters. The molecule has 0 fully saturated rings. The van der Waals surface area contributed by atoms with Gasteiger partial charge in [0.05, 0.1) is 16.1 Å². The van der Waals surface area contributed by atoms with Crippen LogP contribution in [0.3, 0.4) is 0 Å². The molecule has 1 heterocycles. The Balaban J connectivity index is 2.30. The van der Waals surface area contributed by atoms with Gasteiger partial charge in [-0.2, -0.15) is 0 Å². The molecule has 70 valence electrons. The second-order valence-electron chi connectivity index (χ2n) is 3.20. The first-order valence-corrected chi connectivity index (χ1v) is 5.58. The van der Waals surface area contributed by atoms with Crippen LogP contribution in [0.4, 0.5) is 0 Å². The zero-order valence-corrected chi connectivity index (χ0v) is 9.44. The van der Waals surface area contributed by atoms with Crippen LogP contribution in [0.1, 0.15) is 25.0 Å². The summed E-state index contributed by atoms with van der Waals surface area (Å²) < 4.78 is 6.40. The monoisotopic (exact) mass is 260 g/mol. The predicted octanol–water partition coefficient (Wildman–Crippen LogP) is 4.22. The lowest BCUT2D eigenvalue weighted by Gasteiger charge is -2.14. The molecule has 0 bridgehead atoms. The Kier molecular flexibility index (Phi) is 2.80. The standard InChI is InChI=1S/C10H10BrClO/c11-9-4-5-13-10(9)7-2-1-3-8(12)6-7/h4-6,8H,1-3H2. The maximum Gasteiger partial charge on any atom is 0.143 e. The highest BCUT2D eigenvalue weighted by Crippen LogP contribution is 2.33. The molecule has 2 rings (SSSR count). The third kappa shape index (κ3) is 2.00. The van der Waals surface area contributed by atoms with Crippen LogP contribution in [-0.2, 0) is 0 Å². The van der Waals surface area contributed by atoms with E-state index in [1.165, 1.54) is 5.57 Å². The lowest BCUT2D eigenvalue weighted by molar-refractivity contribution is 0.544. The highest BCUT2D eigenvalue weighted by Gasteiger charge is 2.16. The summed E-state index contributed by atoms with van der Waals surface area (Å²) in [4.78, 5) is 0. The lowest BCUT2D eigenvalue weighted by atomic mass is 9.97. The summed E-state index contributed by atoms with van der Waals surface area (Å²) in [7, 11) is 0. The van der Waals surface area contributed by atoms with Gasteiger partial charge in [-0.1, -0.05) is 6.08 Å². The third-order valence-corrected chi connectivity index (χ3v) is 3.19. The van der Waals surface area contributed by atoms with Crippen molar-refractivity contribution < 1.29 is 4.42 Å². The molecule has 1 nitrogen and oxygen atoms in total. The van der Waals surface area contributed by atoms with Crippen LogP contribution in [0.25, 0.3) is 5.57 Å². The van der Waals surface area contributed by atoms with E-state index in [4.69, 9.17) is 16.0 Å². The summed E-state index contributed by atoms with van der Waals surface area (Å²) in [6, 6.07) is 1.91. The van der Waals surface area contributed by atoms with E-state index in [1.807, 2.05) is 6.07 Å².